The van der Waals surface area contributed by atoms with Gasteiger partial charge in [0.05, 0.1) is 6.61 Å². The predicted molar refractivity (Wildman–Crippen MR) is 58.7 cm³/mol. The number of ether oxygens (including phenoxy) is 1. The summed E-state index contributed by atoms with van der Waals surface area (Å²) in [6, 6.07) is 4.85. The minimum Gasteiger partial charge on any atom is -0.461 e. The molecule has 0 bridgehead atoms. The zero-order valence-electron chi connectivity index (χ0n) is 9.08. The first-order valence-corrected chi connectivity index (χ1v) is 4.80. The molecule has 7 nitrogen and oxygen atoms in total. The summed E-state index contributed by atoms with van der Waals surface area (Å²) >= 11 is 0. The molecule has 90 valence electrons. The standard InChI is InChI=1S/C10H11N3O4/c1-2-17-10(15)8(13-16)9(14)12-7-5-3-4-6-11-7/h3-6,16H,2H2,1H3,(H,11,12,14)/b13-8+. The van der Waals surface area contributed by atoms with Gasteiger partial charge in [0.2, 0.25) is 0 Å². The Balaban J connectivity index is 2.72. The van der Waals surface area contributed by atoms with E-state index in [1.54, 1.807) is 19.1 Å². The molecule has 1 aromatic heterocycles. The first-order valence-electron chi connectivity index (χ1n) is 4.80. The molecular weight excluding hydrogens is 226 g/mol. The number of hydrogen-bond donors (Lipinski definition) is 2. The highest BCUT2D eigenvalue weighted by molar-refractivity contribution is 6.65. The van der Waals surface area contributed by atoms with Gasteiger partial charge in [0.1, 0.15) is 5.82 Å². The van der Waals surface area contributed by atoms with E-state index in [2.05, 4.69) is 20.2 Å². The fourth-order valence-corrected chi connectivity index (χ4v) is 0.991. The average molecular weight is 237 g/mol. The normalized spacial score (nSPS) is 10.8. The Morgan fingerprint density at radius 2 is 2.29 bits per heavy atom. The molecule has 2 N–H and O–H groups in total. The van der Waals surface area contributed by atoms with Crippen LogP contribution in [0.2, 0.25) is 0 Å². The van der Waals surface area contributed by atoms with Gasteiger partial charge in [-0.05, 0) is 19.1 Å². The molecule has 1 rings (SSSR count). The maximum Gasteiger partial charge on any atom is 0.366 e. The van der Waals surface area contributed by atoms with Gasteiger partial charge < -0.3 is 15.3 Å². The summed E-state index contributed by atoms with van der Waals surface area (Å²) in [5, 5.41) is 13.5. The van der Waals surface area contributed by atoms with Crippen LogP contribution in [0.1, 0.15) is 6.92 Å². The molecular formula is C10H11N3O4. The summed E-state index contributed by atoms with van der Waals surface area (Å²) in [5.74, 6) is -1.64. The van der Waals surface area contributed by atoms with Crippen molar-refractivity contribution < 1.29 is 19.5 Å². The van der Waals surface area contributed by atoms with Crippen molar-refractivity contribution in [1.82, 2.24) is 4.98 Å². The van der Waals surface area contributed by atoms with Crippen molar-refractivity contribution in [2.24, 2.45) is 5.16 Å². The number of nitrogens with zero attached hydrogens (tertiary/aromatic N) is 2. The van der Waals surface area contributed by atoms with Crippen LogP contribution in [-0.4, -0.2) is 34.4 Å². The van der Waals surface area contributed by atoms with Crippen LogP contribution in [-0.2, 0) is 14.3 Å². The number of hydrogen-bond acceptors (Lipinski definition) is 6. The van der Waals surface area contributed by atoms with Gasteiger partial charge in [-0.3, -0.25) is 4.79 Å². The van der Waals surface area contributed by atoms with E-state index in [-0.39, 0.29) is 12.4 Å². The molecule has 1 amide bonds. The Morgan fingerprint density at radius 1 is 1.53 bits per heavy atom. The molecule has 0 aliphatic heterocycles. The van der Waals surface area contributed by atoms with Crippen LogP contribution >= 0.6 is 0 Å². The van der Waals surface area contributed by atoms with Gasteiger partial charge in [-0.2, -0.15) is 0 Å². The van der Waals surface area contributed by atoms with E-state index in [0.717, 1.165) is 0 Å². The first kappa shape index (κ1) is 12.6. The zero-order valence-corrected chi connectivity index (χ0v) is 9.08. The van der Waals surface area contributed by atoms with E-state index in [9.17, 15) is 9.59 Å². The maximum absolute atomic E-state index is 11.5. The number of anilines is 1. The van der Waals surface area contributed by atoms with Gasteiger partial charge in [0.15, 0.2) is 0 Å². The van der Waals surface area contributed by atoms with Crippen LogP contribution in [0.3, 0.4) is 0 Å². The van der Waals surface area contributed by atoms with Crippen LogP contribution in [0.5, 0.6) is 0 Å². The summed E-state index contributed by atoms with van der Waals surface area (Å²) < 4.78 is 4.54. The quantitative estimate of drug-likeness (QED) is 0.260. The van der Waals surface area contributed by atoms with Gasteiger partial charge >= 0.3 is 5.97 Å². The van der Waals surface area contributed by atoms with E-state index < -0.39 is 17.6 Å². The lowest BCUT2D eigenvalue weighted by Gasteiger charge is -2.04. The molecule has 0 unspecified atom stereocenters. The third kappa shape index (κ3) is 3.56. The smallest absolute Gasteiger partial charge is 0.366 e. The lowest BCUT2D eigenvalue weighted by Crippen LogP contribution is -2.31. The Labute approximate surface area is 97.1 Å². The number of esters is 1. The molecule has 0 radical (unpaired) electrons. The van der Waals surface area contributed by atoms with E-state index >= 15 is 0 Å². The fourth-order valence-electron chi connectivity index (χ4n) is 0.991. The third-order valence-corrected chi connectivity index (χ3v) is 1.69. The lowest BCUT2D eigenvalue weighted by atomic mass is 10.3. The minimum atomic E-state index is -0.997. The topological polar surface area (TPSA) is 101 Å². The molecule has 0 saturated carbocycles. The van der Waals surface area contributed by atoms with Gasteiger partial charge in [-0.1, -0.05) is 11.2 Å². The van der Waals surface area contributed by atoms with Crippen LogP contribution in [0.4, 0.5) is 5.82 Å². The molecule has 0 aliphatic carbocycles. The van der Waals surface area contributed by atoms with E-state index in [1.165, 1.54) is 12.3 Å². The van der Waals surface area contributed by atoms with Crippen molar-refractivity contribution in [3.8, 4) is 0 Å². The van der Waals surface area contributed by atoms with Crippen LogP contribution in [0.15, 0.2) is 29.6 Å². The van der Waals surface area contributed by atoms with Crippen LogP contribution in [0.25, 0.3) is 0 Å². The van der Waals surface area contributed by atoms with Crippen molar-refractivity contribution in [3.63, 3.8) is 0 Å². The summed E-state index contributed by atoms with van der Waals surface area (Å²) in [6.07, 6.45) is 1.47. The highest BCUT2D eigenvalue weighted by Gasteiger charge is 2.22. The molecule has 17 heavy (non-hydrogen) atoms. The van der Waals surface area contributed by atoms with Gasteiger partial charge in [-0.15, -0.1) is 0 Å². The zero-order chi connectivity index (χ0) is 12.7. The second kappa shape index (κ2) is 6.21. The number of amides is 1. The van der Waals surface area contributed by atoms with Crippen molar-refractivity contribution >= 4 is 23.4 Å². The van der Waals surface area contributed by atoms with Gasteiger partial charge in [0, 0.05) is 6.20 Å². The molecule has 0 atom stereocenters. The highest BCUT2D eigenvalue weighted by Crippen LogP contribution is 2.00. The Bertz CT molecular complexity index is 430. The van der Waals surface area contributed by atoms with Crippen LogP contribution < -0.4 is 5.32 Å². The lowest BCUT2D eigenvalue weighted by molar-refractivity contribution is -0.135. The van der Waals surface area contributed by atoms with E-state index in [4.69, 9.17) is 5.21 Å². The third-order valence-electron chi connectivity index (χ3n) is 1.69. The number of rotatable bonds is 4. The minimum absolute atomic E-state index is 0.0781. The Kier molecular flexibility index (Phi) is 4.61. The summed E-state index contributed by atoms with van der Waals surface area (Å²) in [7, 11) is 0. The molecule has 0 aliphatic rings. The number of carbonyl (C=O) groups excluding carboxylic acids is 2. The number of oxime groups is 1. The summed E-state index contributed by atoms with van der Waals surface area (Å²) in [4.78, 5) is 26.5. The SMILES string of the molecule is CCOC(=O)/C(=N/O)C(=O)Nc1ccccn1. The Hall–Kier alpha value is -2.44. The highest BCUT2D eigenvalue weighted by atomic mass is 16.5. The fraction of sp³-hybridized carbons (Fsp3) is 0.200. The molecule has 0 aromatic carbocycles. The molecule has 0 saturated heterocycles. The number of aromatic nitrogens is 1. The van der Waals surface area contributed by atoms with Crippen molar-refractivity contribution in [2.75, 3.05) is 11.9 Å². The number of nitrogens with one attached hydrogen (secondary N) is 1. The molecule has 1 heterocycles. The van der Waals surface area contributed by atoms with Crippen LogP contribution in [0, 0.1) is 0 Å². The monoisotopic (exact) mass is 237 g/mol. The summed E-state index contributed by atoms with van der Waals surface area (Å²) in [6.45, 7) is 1.65. The maximum atomic E-state index is 11.5. The largest absolute Gasteiger partial charge is 0.461 e. The first-order chi connectivity index (χ1) is 8.19. The second-order valence-electron chi connectivity index (χ2n) is 2.84. The number of pyridine rings is 1. The second-order valence-corrected chi connectivity index (χ2v) is 2.84. The predicted octanol–water partition coefficient (Wildman–Crippen LogP) is 0.413. The molecule has 1 aromatic rings. The number of carbonyl (C=O) groups is 2. The van der Waals surface area contributed by atoms with Gasteiger partial charge in [-0.25, -0.2) is 9.78 Å². The van der Waals surface area contributed by atoms with E-state index in [1.807, 2.05) is 0 Å². The van der Waals surface area contributed by atoms with Crippen molar-refractivity contribution in [3.05, 3.63) is 24.4 Å². The van der Waals surface area contributed by atoms with Crippen molar-refractivity contribution in [2.45, 2.75) is 6.92 Å². The average Bonchev–Trinajstić information content (AvgIpc) is 2.31. The molecule has 0 spiro atoms. The van der Waals surface area contributed by atoms with Crippen molar-refractivity contribution in [1.29, 1.82) is 0 Å². The van der Waals surface area contributed by atoms with E-state index in [0.29, 0.717) is 0 Å². The van der Waals surface area contributed by atoms with Gasteiger partial charge in [0.25, 0.3) is 11.6 Å². The molecule has 0 fully saturated rings. The summed E-state index contributed by atoms with van der Waals surface area (Å²) in [5.41, 5.74) is -0.725. The molecule has 7 heteroatoms. The Morgan fingerprint density at radius 3 is 2.82 bits per heavy atom.